The summed E-state index contributed by atoms with van der Waals surface area (Å²) < 4.78 is 6.27. The number of aryl methyl sites for hydroxylation is 1. The molecule has 10 heteroatoms. The van der Waals surface area contributed by atoms with Crippen LogP contribution in [0.3, 0.4) is 0 Å². The van der Waals surface area contributed by atoms with Crippen LogP contribution in [-0.2, 0) is 9.53 Å². The first-order valence-corrected chi connectivity index (χ1v) is 12.7. The number of hydrogen-bond donors (Lipinski definition) is 0. The smallest absolute Gasteiger partial charge is 0.270 e. The molecule has 1 atom stereocenters. The molecule has 2 aromatic rings. The summed E-state index contributed by atoms with van der Waals surface area (Å²) in [5.41, 5.74) is 0.622. The molecule has 0 N–H and O–H groups in total. The van der Waals surface area contributed by atoms with Gasteiger partial charge in [-0.05, 0) is 38.0 Å². The number of non-ortho nitro benzene ring substituents is 1. The summed E-state index contributed by atoms with van der Waals surface area (Å²) >= 11 is 0. The van der Waals surface area contributed by atoms with Crippen molar-refractivity contribution in [2.24, 2.45) is 0 Å². The number of nitro groups is 1. The fraction of sp³-hybridized carbons (Fsp3) is 0.444. The van der Waals surface area contributed by atoms with E-state index in [-0.39, 0.29) is 35.6 Å². The third-order valence-electron chi connectivity index (χ3n) is 7.62. The van der Waals surface area contributed by atoms with Crippen molar-refractivity contribution in [2.45, 2.75) is 44.4 Å². The summed E-state index contributed by atoms with van der Waals surface area (Å²) in [5.74, 6) is -0.656. The highest BCUT2D eigenvalue weighted by atomic mass is 16.6. The number of benzene rings is 2. The molecule has 0 aromatic heterocycles. The molecule has 194 valence electrons. The molecule has 0 aliphatic carbocycles. The first-order valence-electron chi connectivity index (χ1n) is 12.7. The van der Waals surface area contributed by atoms with Crippen molar-refractivity contribution in [2.75, 3.05) is 32.8 Å². The lowest BCUT2D eigenvalue weighted by atomic mass is 9.95. The topological polar surface area (TPSA) is 113 Å². The van der Waals surface area contributed by atoms with Gasteiger partial charge in [0.05, 0.1) is 11.5 Å². The first kappa shape index (κ1) is 24.9. The number of carbonyl (C=O) groups is 3. The molecule has 0 unspecified atom stereocenters. The van der Waals surface area contributed by atoms with Crippen LogP contribution in [0.4, 0.5) is 5.69 Å². The molecular formula is C27H30N4O6. The van der Waals surface area contributed by atoms with E-state index in [1.165, 1.54) is 18.2 Å². The molecule has 0 radical (unpaired) electrons. The van der Waals surface area contributed by atoms with Crippen LogP contribution >= 0.6 is 0 Å². The van der Waals surface area contributed by atoms with Crippen molar-refractivity contribution in [1.82, 2.24) is 14.7 Å². The van der Waals surface area contributed by atoms with Crippen molar-refractivity contribution in [1.29, 1.82) is 0 Å². The predicted octanol–water partition coefficient (Wildman–Crippen LogP) is 3.00. The second-order valence-corrected chi connectivity index (χ2v) is 9.95. The molecule has 3 heterocycles. The van der Waals surface area contributed by atoms with Crippen LogP contribution in [0, 0.1) is 17.0 Å². The Morgan fingerprint density at radius 2 is 1.59 bits per heavy atom. The number of likely N-dealkylation sites (tertiary alicyclic amines) is 2. The lowest BCUT2D eigenvalue weighted by Crippen LogP contribution is -2.60. The van der Waals surface area contributed by atoms with Gasteiger partial charge in [0.15, 0.2) is 0 Å². The van der Waals surface area contributed by atoms with E-state index in [0.717, 1.165) is 18.4 Å². The third kappa shape index (κ3) is 4.69. The number of amides is 3. The molecule has 0 saturated carbocycles. The van der Waals surface area contributed by atoms with E-state index >= 15 is 0 Å². The van der Waals surface area contributed by atoms with Gasteiger partial charge in [0, 0.05) is 62.3 Å². The van der Waals surface area contributed by atoms with E-state index in [4.69, 9.17) is 4.74 Å². The fourth-order valence-electron chi connectivity index (χ4n) is 5.53. The minimum absolute atomic E-state index is 0.0927. The molecule has 10 nitrogen and oxygen atoms in total. The number of piperidine rings is 1. The van der Waals surface area contributed by atoms with Crippen LogP contribution in [0.1, 0.15) is 52.0 Å². The number of nitro benzene ring substituents is 1. The van der Waals surface area contributed by atoms with Crippen LogP contribution in [0.25, 0.3) is 0 Å². The number of carbonyl (C=O) groups excluding carboxylic acids is 3. The van der Waals surface area contributed by atoms with Gasteiger partial charge < -0.3 is 14.5 Å². The molecule has 2 aromatic carbocycles. The van der Waals surface area contributed by atoms with E-state index in [1.54, 1.807) is 28.0 Å². The minimum atomic E-state index is -0.999. The Balaban J connectivity index is 1.38. The monoisotopic (exact) mass is 506 g/mol. The van der Waals surface area contributed by atoms with Crippen molar-refractivity contribution in [3.63, 3.8) is 0 Å². The van der Waals surface area contributed by atoms with Crippen LogP contribution in [0.15, 0.2) is 48.5 Å². The second-order valence-electron chi connectivity index (χ2n) is 9.95. The number of hydrogen-bond acceptors (Lipinski definition) is 6. The van der Waals surface area contributed by atoms with E-state index in [2.05, 4.69) is 0 Å². The third-order valence-corrected chi connectivity index (χ3v) is 7.62. The van der Waals surface area contributed by atoms with Gasteiger partial charge in [0.25, 0.3) is 17.5 Å². The van der Waals surface area contributed by atoms with Gasteiger partial charge >= 0.3 is 0 Å². The van der Waals surface area contributed by atoms with Crippen molar-refractivity contribution in [3.8, 4) is 0 Å². The van der Waals surface area contributed by atoms with Gasteiger partial charge in [-0.2, -0.15) is 0 Å². The highest BCUT2D eigenvalue weighted by molar-refractivity contribution is 5.99. The van der Waals surface area contributed by atoms with Gasteiger partial charge in [0.2, 0.25) is 5.91 Å². The molecule has 3 aliphatic heterocycles. The molecule has 1 spiro atoms. The molecular weight excluding hydrogens is 476 g/mol. The van der Waals surface area contributed by atoms with E-state index in [9.17, 15) is 24.5 Å². The van der Waals surface area contributed by atoms with Crippen LogP contribution in [-0.4, -0.2) is 81.9 Å². The summed E-state index contributed by atoms with van der Waals surface area (Å²) in [6, 6.07) is 12.2. The summed E-state index contributed by atoms with van der Waals surface area (Å²) in [6.07, 6.45) is 2.58. The Kier molecular flexibility index (Phi) is 6.68. The van der Waals surface area contributed by atoms with Gasteiger partial charge in [-0.3, -0.25) is 29.4 Å². The molecule has 37 heavy (non-hydrogen) atoms. The van der Waals surface area contributed by atoms with Crippen LogP contribution < -0.4 is 0 Å². The van der Waals surface area contributed by atoms with E-state index < -0.39 is 16.7 Å². The number of rotatable bonds is 4. The van der Waals surface area contributed by atoms with Gasteiger partial charge in [0.1, 0.15) is 11.8 Å². The maximum absolute atomic E-state index is 13.8. The zero-order valence-corrected chi connectivity index (χ0v) is 20.8. The molecule has 0 bridgehead atoms. The zero-order chi connectivity index (χ0) is 26.2. The van der Waals surface area contributed by atoms with Crippen molar-refractivity contribution < 1.29 is 24.0 Å². The Labute approximate surface area is 214 Å². The Morgan fingerprint density at radius 1 is 0.919 bits per heavy atom. The van der Waals surface area contributed by atoms with Gasteiger partial charge in [-0.1, -0.05) is 23.8 Å². The number of ether oxygens (including phenoxy) is 1. The highest BCUT2D eigenvalue weighted by Gasteiger charge is 2.55. The fourth-order valence-corrected chi connectivity index (χ4v) is 5.53. The lowest BCUT2D eigenvalue weighted by molar-refractivity contribution is -0.384. The summed E-state index contributed by atoms with van der Waals surface area (Å²) in [5, 5.41) is 11.1. The summed E-state index contributed by atoms with van der Waals surface area (Å²) in [4.78, 5) is 56.1. The van der Waals surface area contributed by atoms with Crippen LogP contribution in [0.5, 0.6) is 0 Å². The largest absolute Gasteiger partial charge is 0.353 e. The Bertz CT molecular complexity index is 1220. The number of nitrogens with zero attached hydrogens (tertiary/aromatic N) is 4. The van der Waals surface area contributed by atoms with E-state index in [0.29, 0.717) is 44.6 Å². The van der Waals surface area contributed by atoms with Crippen molar-refractivity contribution >= 4 is 23.4 Å². The SMILES string of the molecule is Cc1ccc(C(=O)N2[C@@H](C(=O)N3CCCC3)COC23CCN(C(=O)c2cccc([N+](=O)[O-])c2)CC3)cc1. The first-order chi connectivity index (χ1) is 17.8. The molecule has 3 amide bonds. The Morgan fingerprint density at radius 3 is 2.24 bits per heavy atom. The standard InChI is InChI=1S/C27H30N4O6/c1-19-7-9-20(10-8-19)25(33)30-23(26(34)28-13-2-3-14-28)18-37-27(30)11-15-29(16-12-27)24(32)21-5-4-6-22(17-21)31(35)36/h4-10,17,23H,2-3,11-16,18H2,1H3/t23-/m1/s1. The highest BCUT2D eigenvalue weighted by Crippen LogP contribution is 2.39. The summed E-state index contributed by atoms with van der Waals surface area (Å²) in [6.45, 7) is 4.02. The van der Waals surface area contributed by atoms with Crippen molar-refractivity contribution in [3.05, 3.63) is 75.3 Å². The predicted molar refractivity (Wildman–Crippen MR) is 134 cm³/mol. The molecule has 3 saturated heterocycles. The average molecular weight is 507 g/mol. The molecule has 5 rings (SSSR count). The lowest BCUT2D eigenvalue weighted by Gasteiger charge is -2.44. The van der Waals surface area contributed by atoms with Crippen LogP contribution in [0.2, 0.25) is 0 Å². The molecule has 3 fully saturated rings. The minimum Gasteiger partial charge on any atom is -0.353 e. The summed E-state index contributed by atoms with van der Waals surface area (Å²) in [7, 11) is 0. The average Bonchev–Trinajstić information content (AvgIpc) is 3.57. The normalized spacial score (nSPS) is 20.9. The van der Waals surface area contributed by atoms with Gasteiger partial charge in [-0.25, -0.2) is 0 Å². The molecule has 3 aliphatic rings. The zero-order valence-electron chi connectivity index (χ0n) is 20.8. The second kappa shape index (κ2) is 9.93. The maximum Gasteiger partial charge on any atom is 0.270 e. The maximum atomic E-state index is 13.8. The van der Waals surface area contributed by atoms with E-state index in [1.807, 2.05) is 24.0 Å². The van der Waals surface area contributed by atoms with Gasteiger partial charge in [-0.15, -0.1) is 0 Å². The quantitative estimate of drug-likeness (QED) is 0.465. The Hall–Kier alpha value is -3.79.